The maximum Gasteiger partial charge on any atom is 0.331 e. The van der Waals surface area contributed by atoms with Crippen molar-refractivity contribution in [3.8, 4) is 5.75 Å². The molecule has 0 aromatic heterocycles. The Labute approximate surface area is 161 Å². The molecule has 1 amide bonds. The van der Waals surface area contributed by atoms with E-state index in [0.29, 0.717) is 38.2 Å². The third kappa shape index (κ3) is 4.21. The fourth-order valence-corrected chi connectivity index (χ4v) is 3.38. The van der Waals surface area contributed by atoms with Gasteiger partial charge in [-0.15, -0.1) is 0 Å². The number of rotatable bonds is 5. The maximum atomic E-state index is 12.7. The zero-order chi connectivity index (χ0) is 20.3. The van der Waals surface area contributed by atoms with E-state index in [1.54, 1.807) is 16.7 Å². The van der Waals surface area contributed by atoms with Crippen molar-refractivity contribution in [1.82, 2.24) is 4.90 Å². The zero-order valence-corrected chi connectivity index (χ0v) is 15.5. The number of esters is 2. The van der Waals surface area contributed by atoms with E-state index in [1.165, 1.54) is 18.2 Å². The number of hydrogen-bond donors (Lipinski definition) is 0. The van der Waals surface area contributed by atoms with Gasteiger partial charge in [0.15, 0.2) is 5.75 Å². The number of carbonyl (C=O) groups excluding carboxylic acids is 3. The van der Waals surface area contributed by atoms with Gasteiger partial charge in [-0.05, 0) is 25.8 Å². The number of amides is 1. The molecule has 0 N–H and O–H groups in total. The molecule has 2 aliphatic rings. The van der Waals surface area contributed by atoms with Crippen LogP contribution < -0.4 is 9.64 Å². The fourth-order valence-electron chi connectivity index (χ4n) is 3.38. The van der Waals surface area contributed by atoms with E-state index in [1.807, 2.05) is 0 Å². The van der Waals surface area contributed by atoms with Crippen molar-refractivity contribution >= 4 is 29.2 Å². The predicted octanol–water partition coefficient (Wildman–Crippen LogP) is 1.12. The number of benzene rings is 1. The van der Waals surface area contributed by atoms with Gasteiger partial charge in [-0.25, -0.2) is 4.79 Å². The summed E-state index contributed by atoms with van der Waals surface area (Å²) in [6.07, 6.45) is 1.07. The van der Waals surface area contributed by atoms with Crippen molar-refractivity contribution in [2.24, 2.45) is 5.92 Å². The Morgan fingerprint density at radius 2 is 2.04 bits per heavy atom. The second-order valence-electron chi connectivity index (χ2n) is 6.65. The molecule has 10 nitrogen and oxygen atoms in total. The molecule has 3 rings (SSSR count). The van der Waals surface area contributed by atoms with Gasteiger partial charge in [0.05, 0.1) is 35.7 Å². The highest BCUT2D eigenvalue weighted by atomic mass is 16.6. The molecule has 1 fully saturated rings. The molecular formula is C18H21N3O7. The van der Waals surface area contributed by atoms with E-state index in [9.17, 15) is 24.5 Å². The van der Waals surface area contributed by atoms with Crippen LogP contribution in [0.25, 0.3) is 0 Å². The molecule has 0 unspecified atom stereocenters. The minimum Gasteiger partial charge on any atom is -0.466 e. The van der Waals surface area contributed by atoms with Crippen LogP contribution in [0.1, 0.15) is 19.8 Å². The molecule has 0 bridgehead atoms. The first kappa shape index (κ1) is 19.6. The Hall–Kier alpha value is -3.17. The summed E-state index contributed by atoms with van der Waals surface area (Å²) in [6.45, 7) is 2.80. The SMILES string of the molecule is CCOC(=O)C1CCN(C(=O)CN2CC(=O)Oc3cc([N+](=O)[O-])ccc32)CC1. The molecule has 0 spiro atoms. The predicted molar refractivity (Wildman–Crippen MR) is 96.9 cm³/mol. The van der Waals surface area contributed by atoms with Crippen molar-refractivity contribution in [1.29, 1.82) is 0 Å². The fraction of sp³-hybridized carbons (Fsp3) is 0.500. The van der Waals surface area contributed by atoms with E-state index in [4.69, 9.17) is 9.47 Å². The topological polar surface area (TPSA) is 119 Å². The van der Waals surface area contributed by atoms with Gasteiger partial charge >= 0.3 is 11.9 Å². The first-order valence-corrected chi connectivity index (χ1v) is 9.07. The number of fused-ring (bicyclic) bond motifs is 1. The number of carbonyl (C=O) groups is 3. The molecule has 2 aliphatic heterocycles. The van der Waals surface area contributed by atoms with E-state index < -0.39 is 10.9 Å². The summed E-state index contributed by atoms with van der Waals surface area (Å²) in [7, 11) is 0. The Morgan fingerprint density at radius 1 is 1.32 bits per heavy atom. The molecule has 150 valence electrons. The molecule has 10 heteroatoms. The summed E-state index contributed by atoms with van der Waals surface area (Å²) < 4.78 is 10.1. The zero-order valence-electron chi connectivity index (χ0n) is 15.5. The summed E-state index contributed by atoms with van der Waals surface area (Å²) in [5.41, 5.74) is 0.265. The van der Waals surface area contributed by atoms with Gasteiger partial charge in [0.2, 0.25) is 5.91 Å². The third-order valence-electron chi connectivity index (χ3n) is 4.83. The normalized spacial score (nSPS) is 17.0. The van der Waals surface area contributed by atoms with Crippen LogP contribution in [0, 0.1) is 16.0 Å². The third-order valence-corrected chi connectivity index (χ3v) is 4.83. The monoisotopic (exact) mass is 391 g/mol. The number of nitrogens with zero attached hydrogens (tertiary/aromatic N) is 3. The van der Waals surface area contributed by atoms with Crippen LogP contribution in [0.5, 0.6) is 5.75 Å². The molecule has 0 aliphatic carbocycles. The van der Waals surface area contributed by atoms with Gasteiger partial charge in [0.25, 0.3) is 5.69 Å². The summed E-state index contributed by atoms with van der Waals surface area (Å²) >= 11 is 0. The lowest BCUT2D eigenvalue weighted by atomic mass is 9.97. The number of likely N-dealkylation sites (tertiary alicyclic amines) is 1. The molecule has 1 saturated heterocycles. The van der Waals surface area contributed by atoms with Gasteiger partial charge in [0.1, 0.15) is 6.54 Å². The van der Waals surface area contributed by atoms with Crippen LogP contribution in [0.3, 0.4) is 0 Å². The lowest BCUT2D eigenvalue weighted by Crippen LogP contribution is -2.47. The van der Waals surface area contributed by atoms with Gasteiger partial charge in [-0.3, -0.25) is 19.7 Å². The van der Waals surface area contributed by atoms with Crippen LogP contribution in [-0.2, 0) is 19.1 Å². The molecular weight excluding hydrogens is 370 g/mol. The van der Waals surface area contributed by atoms with Crippen molar-refractivity contribution in [2.45, 2.75) is 19.8 Å². The highest BCUT2D eigenvalue weighted by molar-refractivity contribution is 5.89. The van der Waals surface area contributed by atoms with Crippen LogP contribution in [0.2, 0.25) is 0 Å². The van der Waals surface area contributed by atoms with E-state index in [0.717, 1.165) is 0 Å². The van der Waals surface area contributed by atoms with Gasteiger partial charge in [-0.1, -0.05) is 0 Å². The number of ether oxygens (including phenoxy) is 2. The number of nitro benzene ring substituents is 1. The minimum atomic E-state index is -0.582. The highest BCUT2D eigenvalue weighted by Crippen LogP contribution is 2.35. The van der Waals surface area contributed by atoms with Crippen molar-refractivity contribution in [2.75, 3.05) is 37.7 Å². The molecule has 0 atom stereocenters. The van der Waals surface area contributed by atoms with Crippen LogP contribution >= 0.6 is 0 Å². The van der Waals surface area contributed by atoms with Gasteiger partial charge in [0, 0.05) is 19.2 Å². The first-order valence-electron chi connectivity index (χ1n) is 9.07. The quantitative estimate of drug-likeness (QED) is 0.317. The maximum absolute atomic E-state index is 12.7. The van der Waals surface area contributed by atoms with Crippen molar-refractivity contribution in [3.05, 3.63) is 28.3 Å². The average molecular weight is 391 g/mol. The number of hydrogen-bond acceptors (Lipinski definition) is 8. The second-order valence-corrected chi connectivity index (χ2v) is 6.65. The summed E-state index contributed by atoms with van der Waals surface area (Å²) in [6, 6.07) is 3.95. The van der Waals surface area contributed by atoms with Crippen LogP contribution in [0.4, 0.5) is 11.4 Å². The minimum absolute atomic E-state index is 0.0516. The number of anilines is 1. The largest absolute Gasteiger partial charge is 0.466 e. The lowest BCUT2D eigenvalue weighted by Gasteiger charge is -2.34. The molecule has 28 heavy (non-hydrogen) atoms. The molecule has 1 aromatic carbocycles. The van der Waals surface area contributed by atoms with E-state index in [2.05, 4.69) is 0 Å². The second kappa shape index (κ2) is 8.24. The molecule has 2 heterocycles. The Balaban J connectivity index is 1.64. The molecule has 0 saturated carbocycles. The summed E-state index contributed by atoms with van der Waals surface area (Å²) in [4.78, 5) is 49.8. The Kier molecular flexibility index (Phi) is 5.76. The van der Waals surface area contributed by atoms with Crippen molar-refractivity contribution < 1.29 is 28.8 Å². The average Bonchev–Trinajstić information content (AvgIpc) is 2.67. The standard InChI is InChI=1S/C18H21N3O7/c1-2-27-18(24)12-5-7-19(8-6-12)16(22)10-20-11-17(23)28-15-9-13(21(25)26)3-4-14(15)20/h3-4,9,12H,2,5-8,10-11H2,1H3. The smallest absolute Gasteiger partial charge is 0.331 e. The van der Waals surface area contributed by atoms with Crippen molar-refractivity contribution in [3.63, 3.8) is 0 Å². The summed E-state index contributed by atoms with van der Waals surface area (Å²) in [5.74, 6) is -1.12. The van der Waals surface area contributed by atoms with E-state index in [-0.39, 0.29) is 42.3 Å². The summed E-state index contributed by atoms with van der Waals surface area (Å²) in [5, 5.41) is 10.9. The number of non-ortho nitro benzene ring substituents is 1. The van der Waals surface area contributed by atoms with Crippen LogP contribution in [-0.4, -0.2) is 60.5 Å². The van der Waals surface area contributed by atoms with E-state index >= 15 is 0 Å². The first-order chi connectivity index (χ1) is 13.4. The molecule has 1 aromatic rings. The number of nitro groups is 1. The van der Waals surface area contributed by atoms with Gasteiger partial charge in [-0.2, -0.15) is 0 Å². The highest BCUT2D eigenvalue weighted by Gasteiger charge is 2.31. The Morgan fingerprint density at radius 3 is 2.68 bits per heavy atom. The molecule has 0 radical (unpaired) electrons. The Bertz CT molecular complexity index is 802. The van der Waals surface area contributed by atoms with Crippen LogP contribution in [0.15, 0.2) is 18.2 Å². The lowest BCUT2D eigenvalue weighted by molar-refractivity contribution is -0.384. The number of piperidine rings is 1. The van der Waals surface area contributed by atoms with Gasteiger partial charge < -0.3 is 19.3 Å².